The van der Waals surface area contributed by atoms with Gasteiger partial charge in [0.2, 0.25) is 5.89 Å². The summed E-state index contributed by atoms with van der Waals surface area (Å²) in [6.45, 7) is 3.41. The molecular weight excluding hydrogens is 294 g/mol. The first kappa shape index (κ1) is 15.6. The summed E-state index contributed by atoms with van der Waals surface area (Å²) in [5.74, 6) is 1.62. The normalized spacial score (nSPS) is 15.9. The van der Waals surface area contributed by atoms with Crippen molar-refractivity contribution in [2.45, 2.75) is 25.7 Å². The molecule has 7 nitrogen and oxygen atoms in total. The van der Waals surface area contributed by atoms with Crippen LogP contribution in [0.5, 0.6) is 0 Å². The molecule has 1 saturated heterocycles. The predicted molar refractivity (Wildman–Crippen MR) is 86.7 cm³/mol. The van der Waals surface area contributed by atoms with Gasteiger partial charge < -0.3 is 18.9 Å². The lowest BCUT2D eigenvalue weighted by Gasteiger charge is -2.30. The lowest BCUT2D eigenvalue weighted by molar-refractivity contribution is 0.0703. The maximum absolute atomic E-state index is 12.6. The molecule has 0 saturated carbocycles. The second kappa shape index (κ2) is 6.06. The van der Waals surface area contributed by atoms with Gasteiger partial charge in [-0.1, -0.05) is 0 Å². The number of aryl methyl sites for hydroxylation is 1. The molecule has 0 radical (unpaired) electrons. The Morgan fingerprint density at radius 1 is 1.35 bits per heavy atom. The van der Waals surface area contributed by atoms with E-state index in [0.29, 0.717) is 11.8 Å². The molecule has 3 rings (SSSR count). The molecule has 0 bridgehead atoms. The van der Waals surface area contributed by atoms with Gasteiger partial charge in [-0.2, -0.15) is 4.98 Å². The highest BCUT2D eigenvalue weighted by molar-refractivity contribution is 5.95. The average molecular weight is 317 g/mol. The average Bonchev–Trinajstić information content (AvgIpc) is 3.16. The number of aromatic nitrogens is 3. The first-order valence-corrected chi connectivity index (χ1v) is 7.89. The van der Waals surface area contributed by atoms with Crippen molar-refractivity contribution in [3.63, 3.8) is 0 Å². The zero-order chi connectivity index (χ0) is 16.6. The highest BCUT2D eigenvalue weighted by Crippen LogP contribution is 2.28. The third kappa shape index (κ3) is 2.95. The molecule has 0 N–H and O–H groups in total. The lowest BCUT2D eigenvalue weighted by Crippen LogP contribution is -2.38. The molecule has 0 aliphatic carbocycles. The van der Waals surface area contributed by atoms with Crippen LogP contribution in [0.25, 0.3) is 0 Å². The highest BCUT2D eigenvalue weighted by atomic mass is 16.5. The molecule has 23 heavy (non-hydrogen) atoms. The molecule has 2 aromatic heterocycles. The zero-order valence-electron chi connectivity index (χ0n) is 14.1. The number of hydrogen-bond acceptors (Lipinski definition) is 5. The van der Waals surface area contributed by atoms with E-state index in [1.807, 2.05) is 54.7 Å². The molecule has 0 atom stereocenters. The van der Waals surface area contributed by atoms with E-state index in [9.17, 15) is 4.79 Å². The Morgan fingerprint density at radius 3 is 2.57 bits per heavy atom. The minimum atomic E-state index is 0.112. The summed E-state index contributed by atoms with van der Waals surface area (Å²) in [5, 5.41) is 3.96. The van der Waals surface area contributed by atoms with Gasteiger partial charge in [-0.15, -0.1) is 0 Å². The van der Waals surface area contributed by atoms with Crippen molar-refractivity contribution in [2.24, 2.45) is 7.05 Å². The molecule has 2 aromatic rings. The van der Waals surface area contributed by atoms with Gasteiger partial charge in [0, 0.05) is 52.0 Å². The van der Waals surface area contributed by atoms with Crippen LogP contribution in [0.15, 0.2) is 16.8 Å². The number of carbonyl (C=O) groups is 1. The van der Waals surface area contributed by atoms with Crippen molar-refractivity contribution in [1.29, 1.82) is 0 Å². The summed E-state index contributed by atoms with van der Waals surface area (Å²) >= 11 is 0. The second-order valence-corrected chi connectivity index (χ2v) is 6.32. The number of nitrogens with zero attached hydrogens (tertiary/aromatic N) is 5. The van der Waals surface area contributed by atoms with Crippen LogP contribution in [0.4, 0.5) is 5.95 Å². The third-order valence-electron chi connectivity index (χ3n) is 4.58. The number of anilines is 1. The molecular formula is C16H23N5O2. The van der Waals surface area contributed by atoms with Crippen molar-refractivity contribution in [1.82, 2.24) is 19.6 Å². The van der Waals surface area contributed by atoms with Crippen LogP contribution in [0, 0.1) is 6.92 Å². The van der Waals surface area contributed by atoms with Crippen molar-refractivity contribution in [2.75, 3.05) is 32.1 Å². The largest absolute Gasteiger partial charge is 0.354 e. The Hall–Kier alpha value is -2.31. The van der Waals surface area contributed by atoms with Gasteiger partial charge in [0.15, 0.2) is 0 Å². The van der Waals surface area contributed by atoms with Gasteiger partial charge in [-0.25, -0.2) is 0 Å². The molecule has 7 heteroatoms. The van der Waals surface area contributed by atoms with E-state index in [4.69, 9.17) is 4.52 Å². The molecule has 0 aromatic carbocycles. The van der Waals surface area contributed by atoms with E-state index in [-0.39, 0.29) is 11.8 Å². The first-order chi connectivity index (χ1) is 11.0. The van der Waals surface area contributed by atoms with E-state index in [1.54, 1.807) is 0 Å². The van der Waals surface area contributed by atoms with E-state index >= 15 is 0 Å². The summed E-state index contributed by atoms with van der Waals surface area (Å²) in [7, 11) is 5.73. The molecule has 1 fully saturated rings. The van der Waals surface area contributed by atoms with Crippen LogP contribution in [0.1, 0.15) is 40.7 Å². The van der Waals surface area contributed by atoms with Crippen molar-refractivity contribution < 1.29 is 9.32 Å². The van der Waals surface area contributed by atoms with E-state index < -0.39 is 0 Å². The van der Waals surface area contributed by atoms with Crippen molar-refractivity contribution in [3.05, 3.63) is 29.4 Å². The quantitative estimate of drug-likeness (QED) is 0.863. The Morgan fingerprint density at radius 2 is 2.04 bits per heavy atom. The third-order valence-corrected chi connectivity index (χ3v) is 4.58. The minimum Gasteiger partial charge on any atom is -0.354 e. The van der Waals surface area contributed by atoms with Crippen LogP contribution in [0.2, 0.25) is 0 Å². The number of likely N-dealkylation sites (tertiary alicyclic amines) is 1. The van der Waals surface area contributed by atoms with E-state index in [2.05, 4.69) is 10.1 Å². The lowest BCUT2D eigenvalue weighted by atomic mass is 9.96. The van der Waals surface area contributed by atoms with Gasteiger partial charge in [0.25, 0.3) is 11.9 Å². The monoisotopic (exact) mass is 317 g/mol. The van der Waals surface area contributed by atoms with Crippen LogP contribution in [-0.4, -0.2) is 52.7 Å². The number of hydrogen-bond donors (Lipinski definition) is 0. The molecule has 3 heterocycles. The van der Waals surface area contributed by atoms with Crippen LogP contribution in [0.3, 0.4) is 0 Å². The number of carbonyl (C=O) groups excluding carboxylic acids is 1. The van der Waals surface area contributed by atoms with Crippen LogP contribution >= 0.6 is 0 Å². The SMILES string of the molecule is Cc1c(C(=O)N2CCC(c3nc(N(C)C)no3)CC2)ccn1C. The fourth-order valence-electron chi connectivity index (χ4n) is 2.91. The van der Waals surface area contributed by atoms with Gasteiger partial charge in [-0.05, 0) is 31.0 Å². The van der Waals surface area contributed by atoms with Gasteiger partial charge >= 0.3 is 0 Å². The summed E-state index contributed by atoms with van der Waals surface area (Å²) in [4.78, 5) is 20.8. The molecule has 0 spiro atoms. The van der Waals surface area contributed by atoms with Gasteiger partial charge in [0.05, 0.1) is 5.56 Å². The molecule has 1 aliphatic heterocycles. The summed E-state index contributed by atoms with van der Waals surface area (Å²) < 4.78 is 7.33. The summed E-state index contributed by atoms with van der Waals surface area (Å²) in [5.41, 5.74) is 1.79. The van der Waals surface area contributed by atoms with Crippen LogP contribution in [-0.2, 0) is 7.05 Å². The Labute approximate surface area is 135 Å². The molecule has 1 aliphatic rings. The number of amides is 1. The maximum Gasteiger partial charge on any atom is 0.265 e. The number of rotatable bonds is 3. The van der Waals surface area contributed by atoms with Crippen molar-refractivity contribution in [3.8, 4) is 0 Å². The fourth-order valence-corrected chi connectivity index (χ4v) is 2.91. The smallest absolute Gasteiger partial charge is 0.265 e. The van der Waals surface area contributed by atoms with E-state index in [0.717, 1.165) is 37.2 Å². The van der Waals surface area contributed by atoms with Gasteiger partial charge in [-0.3, -0.25) is 4.79 Å². The first-order valence-electron chi connectivity index (χ1n) is 7.89. The highest BCUT2D eigenvalue weighted by Gasteiger charge is 2.29. The predicted octanol–water partition coefficient (Wildman–Crippen LogP) is 1.80. The Kier molecular flexibility index (Phi) is 4.11. The van der Waals surface area contributed by atoms with E-state index in [1.165, 1.54) is 0 Å². The number of piperidine rings is 1. The standard InChI is InChI=1S/C16H23N5O2/c1-11-13(7-8-20(11)4)15(22)21-9-5-12(6-10-21)14-17-16(18-23-14)19(2)3/h7-8,12H,5-6,9-10H2,1-4H3. The minimum absolute atomic E-state index is 0.112. The van der Waals surface area contributed by atoms with Gasteiger partial charge in [0.1, 0.15) is 0 Å². The Bertz CT molecular complexity index is 695. The molecule has 0 unspecified atom stereocenters. The second-order valence-electron chi connectivity index (χ2n) is 6.32. The van der Waals surface area contributed by atoms with Crippen LogP contribution < -0.4 is 4.90 Å². The maximum atomic E-state index is 12.6. The summed E-state index contributed by atoms with van der Waals surface area (Å²) in [6, 6.07) is 1.89. The Balaban J connectivity index is 1.63. The molecule has 1 amide bonds. The zero-order valence-corrected chi connectivity index (χ0v) is 14.1. The fraction of sp³-hybridized carbons (Fsp3) is 0.562. The van der Waals surface area contributed by atoms with Crippen molar-refractivity contribution >= 4 is 11.9 Å². The summed E-state index contributed by atoms with van der Waals surface area (Å²) in [6.07, 6.45) is 3.63. The topological polar surface area (TPSA) is 67.4 Å². The molecule has 124 valence electrons.